The second-order valence-corrected chi connectivity index (χ2v) is 13.3. The Morgan fingerprint density at radius 1 is 1.00 bits per heavy atom. The summed E-state index contributed by atoms with van der Waals surface area (Å²) >= 11 is 0. The van der Waals surface area contributed by atoms with Crippen molar-refractivity contribution in [2.45, 2.75) is 71.4 Å². The number of para-hydroxylation sites is 1. The van der Waals surface area contributed by atoms with E-state index in [0.29, 0.717) is 25.8 Å². The Hall–Kier alpha value is -3.40. The number of alkyl carbamates (subject to hydrolysis) is 1. The number of nitrogens with one attached hydrogen (secondary N) is 2. The number of ether oxygens (including phenoxy) is 1. The van der Waals surface area contributed by atoms with E-state index in [2.05, 4.69) is 28.8 Å². The van der Waals surface area contributed by atoms with Crippen molar-refractivity contribution in [1.82, 2.24) is 10.6 Å². The Morgan fingerprint density at radius 3 is 2.25 bits per heavy atom. The van der Waals surface area contributed by atoms with Crippen molar-refractivity contribution >= 4 is 33.4 Å². The van der Waals surface area contributed by atoms with E-state index in [1.165, 1.54) is 17.4 Å². The summed E-state index contributed by atoms with van der Waals surface area (Å²) in [6, 6.07) is 17.8. The molecule has 3 amide bonds. The molecule has 0 saturated heterocycles. The van der Waals surface area contributed by atoms with E-state index in [-0.39, 0.29) is 30.2 Å². The third-order valence-electron chi connectivity index (χ3n) is 6.20. The van der Waals surface area contributed by atoms with Gasteiger partial charge in [-0.15, -0.1) is 0 Å². The van der Waals surface area contributed by atoms with Crippen LogP contribution in [0.25, 0.3) is 0 Å². The van der Waals surface area contributed by atoms with E-state index in [1.807, 2.05) is 41.3 Å². The van der Waals surface area contributed by atoms with E-state index in [0.717, 1.165) is 18.5 Å². The molecule has 3 rings (SSSR count). The maximum atomic E-state index is 13.0. The minimum atomic E-state index is -2.66. The Labute approximate surface area is 238 Å². The highest BCUT2D eigenvalue weighted by Crippen LogP contribution is 2.28. The molecule has 2 aromatic carbocycles. The monoisotopic (exact) mass is 573 g/mol. The zero-order valence-electron chi connectivity index (χ0n) is 24.2. The topological polar surface area (TPSA) is 122 Å². The number of rotatable bonds is 10. The fraction of sp³-hybridized carbons (Fsp3) is 0.500. The number of amides is 3. The van der Waals surface area contributed by atoms with Crippen molar-refractivity contribution in [3.8, 4) is 0 Å². The van der Waals surface area contributed by atoms with Crippen LogP contribution < -0.4 is 15.5 Å². The van der Waals surface area contributed by atoms with Crippen molar-refractivity contribution in [3.63, 3.8) is 0 Å². The zero-order chi connectivity index (χ0) is 29.8. The molecule has 1 aliphatic rings. The fourth-order valence-electron chi connectivity index (χ4n) is 4.05. The van der Waals surface area contributed by atoms with Gasteiger partial charge >= 0.3 is 6.09 Å². The smallest absolute Gasteiger partial charge is 0.408 e. The molecule has 220 valence electrons. The number of aryl methyl sites for hydroxylation is 1. The van der Waals surface area contributed by atoms with Crippen LogP contribution in [0.5, 0.6) is 0 Å². The molecule has 0 aromatic heterocycles. The fourth-order valence-corrected chi connectivity index (χ4v) is 4.05. The first kappa shape index (κ1) is 32.8. The van der Waals surface area contributed by atoms with Crippen LogP contribution in [0.4, 0.5) is 10.5 Å². The lowest BCUT2D eigenvalue weighted by Crippen LogP contribution is -2.44. The summed E-state index contributed by atoms with van der Waals surface area (Å²) in [4.78, 5) is 39.2. The molecule has 1 atom stereocenters. The maximum absolute atomic E-state index is 13.0. The van der Waals surface area contributed by atoms with E-state index >= 15 is 0 Å². The Morgan fingerprint density at radius 2 is 1.62 bits per heavy atom. The van der Waals surface area contributed by atoms with Crippen molar-refractivity contribution in [1.29, 1.82) is 0 Å². The molecular weight excluding hydrogens is 530 g/mol. The molecule has 40 heavy (non-hydrogen) atoms. The third kappa shape index (κ3) is 12.6. The second-order valence-electron chi connectivity index (χ2n) is 10.8. The number of anilines is 1. The van der Waals surface area contributed by atoms with Crippen LogP contribution >= 0.6 is 0 Å². The molecule has 0 aliphatic carbocycles. The Kier molecular flexibility index (Phi) is 12.6. The minimum Gasteiger partial charge on any atom is -0.444 e. The average molecular weight is 574 g/mol. The number of nitrogens with zero attached hydrogens (tertiary/aromatic N) is 1. The van der Waals surface area contributed by atoms with Gasteiger partial charge in [0.25, 0.3) is 0 Å². The second kappa shape index (κ2) is 15.4. The van der Waals surface area contributed by atoms with E-state index in [4.69, 9.17) is 4.74 Å². The highest BCUT2D eigenvalue weighted by atomic mass is 32.2. The molecule has 0 saturated carbocycles. The van der Waals surface area contributed by atoms with Crippen molar-refractivity contribution < 1.29 is 27.5 Å². The minimum absolute atomic E-state index is 0.0655. The van der Waals surface area contributed by atoms with Gasteiger partial charge in [-0.25, -0.2) is 13.2 Å². The Bertz CT molecular complexity index is 1230. The van der Waals surface area contributed by atoms with Crippen LogP contribution in [0.1, 0.15) is 58.1 Å². The SMILES string of the molecule is CC(C)(C)OC(=O)NCC(=O)N[C@H](CCC(=O)N1CCc2ccccc21)CCc1ccccc1.CCS(C)(=O)=O. The van der Waals surface area contributed by atoms with Gasteiger partial charge in [-0.2, -0.15) is 0 Å². The standard InChI is InChI=1S/C27H35N3O4.C3H8O2S/c1-27(2,3)34-26(33)28-19-24(31)29-22(14-13-20-9-5-4-6-10-20)15-16-25(32)30-18-17-21-11-7-8-12-23(21)30;1-3-6(2,4)5/h4-12,22H,13-19H2,1-3H3,(H,28,33)(H,29,31);3H2,1-2H3/t22-;/m0./s1. The quantitative estimate of drug-likeness (QED) is 0.442. The number of sulfone groups is 1. The molecule has 2 aromatic rings. The van der Waals surface area contributed by atoms with E-state index in [1.54, 1.807) is 27.7 Å². The number of carbonyl (C=O) groups excluding carboxylic acids is 3. The van der Waals surface area contributed by atoms with Gasteiger partial charge < -0.3 is 20.3 Å². The lowest BCUT2D eigenvalue weighted by Gasteiger charge is -2.22. The van der Waals surface area contributed by atoms with E-state index in [9.17, 15) is 22.8 Å². The van der Waals surface area contributed by atoms with Crippen LogP contribution in [0.3, 0.4) is 0 Å². The van der Waals surface area contributed by atoms with Gasteiger partial charge in [-0.3, -0.25) is 9.59 Å². The number of hydrogen-bond acceptors (Lipinski definition) is 6. The summed E-state index contributed by atoms with van der Waals surface area (Å²) in [6.07, 6.45) is 3.81. The van der Waals surface area contributed by atoms with Gasteiger partial charge in [0.2, 0.25) is 11.8 Å². The molecule has 0 spiro atoms. The molecule has 2 N–H and O–H groups in total. The summed E-state index contributed by atoms with van der Waals surface area (Å²) < 4.78 is 25.2. The molecular formula is C30H43N3O6S. The van der Waals surface area contributed by atoms with Gasteiger partial charge in [0, 0.05) is 36.7 Å². The van der Waals surface area contributed by atoms with Gasteiger partial charge in [0.05, 0.1) is 0 Å². The largest absolute Gasteiger partial charge is 0.444 e. The first-order valence-corrected chi connectivity index (χ1v) is 15.7. The van der Waals surface area contributed by atoms with Crippen molar-refractivity contribution in [3.05, 3.63) is 65.7 Å². The molecule has 1 aliphatic heterocycles. The highest BCUT2D eigenvalue weighted by molar-refractivity contribution is 7.90. The van der Waals surface area contributed by atoms with Crippen LogP contribution in [0.2, 0.25) is 0 Å². The van der Waals surface area contributed by atoms with Crippen molar-refractivity contribution in [2.75, 3.05) is 30.0 Å². The van der Waals surface area contributed by atoms with Crippen LogP contribution in [-0.2, 0) is 37.0 Å². The van der Waals surface area contributed by atoms with Gasteiger partial charge in [0.1, 0.15) is 22.0 Å². The Balaban J connectivity index is 0.000000840. The summed E-state index contributed by atoms with van der Waals surface area (Å²) in [7, 11) is -2.66. The summed E-state index contributed by atoms with van der Waals surface area (Å²) in [5, 5.41) is 5.48. The van der Waals surface area contributed by atoms with Crippen LogP contribution in [-0.4, -0.2) is 63.1 Å². The summed E-state index contributed by atoms with van der Waals surface area (Å²) in [5.74, 6) is 0.00572. The first-order chi connectivity index (χ1) is 18.8. The number of fused-ring (bicyclic) bond motifs is 1. The lowest BCUT2D eigenvalue weighted by molar-refractivity contribution is -0.122. The molecule has 10 heteroatoms. The van der Waals surface area contributed by atoms with Crippen molar-refractivity contribution in [2.24, 2.45) is 0 Å². The predicted octanol–water partition coefficient (Wildman–Crippen LogP) is 4.05. The van der Waals surface area contributed by atoms with Gasteiger partial charge in [-0.1, -0.05) is 55.5 Å². The molecule has 0 fully saturated rings. The summed E-state index contributed by atoms with van der Waals surface area (Å²) in [5.41, 5.74) is 2.72. The average Bonchev–Trinajstić information content (AvgIpc) is 3.33. The van der Waals surface area contributed by atoms with Gasteiger partial charge in [-0.05, 0) is 63.6 Å². The number of hydrogen-bond donors (Lipinski definition) is 2. The first-order valence-electron chi connectivity index (χ1n) is 13.6. The predicted molar refractivity (Wildman–Crippen MR) is 158 cm³/mol. The maximum Gasteiger partial charge on any atom is 0.408 e. The molecule has 0 unspecified atom stereocenters. The third-order valence-corrected chi connectivity index (χ3v) is 7.25. The summed E-state index contributed by atoms with van der Waals surface area (Å²) in [6.45, 7) is 7.44. The van der Waals surface area contributed by atoms with Gasteiger partial charge in [0.15, 0.2) is 0 Å². The molecule has 0 radical (unpaired) electrons. The molecule has 0 bridgehead atoms. The normalized spacial score (nSPS) is 13.4. The number of carbonyl (C=O) groups is 3. The van der Waals surface area contributed by atoms with E-state index < -0.39 is 21.5 Å². The zero-order valence-corrected chi connectivity index (χ0v) is 25.1. The van der Waals surface area contributed by atoms with Crippen LogP contribution in [0.15, 0.2) is 54.6 Å². The molecule has 9 nitrogen and oxygen atoms in total. The number of benzene rings is 2. The lowest BCUT2D eigenvalue weighted by atomic mass is 10.0. The molecule has 1 heterocycles. The van der Waals surface area contributed by atoms with Crippen LogP contribution in [0, 0.1) is 0 Å². The highest BCUT2D eigenvalue weighted by Gasteiger charge is 2.25.